The van der Waals surface area contributed by atoms with Gasteiger partial charge in [0.1, 0.15) is 0 Å². The first-order valence-corrected chi connectivity index (χ1v) is 7.69. The van der Waals surface area contributed by atoms with Crippen LogP contribution in [0.5, 0.6) is 0 Å². The first-order valence-electron chi connectivity index (χ1n) is 7.69. The Kier molecular flexibility index (Phi) is 5.05. The molecule has 1 aliphatic carbocycles. The molecule has 106 valence electrons. The van der Waals surface area contributed by atoms with E-state index >= 15 is 0 Å². The summed E-state index contributed by atoms with van der Waals surface area (Å²) in [6.45, 7) is 9.80. The van der Waals surface area contributed by atoms with Gasteiger partial charge < -0.3 is 10.5 Å². The molecule has 0 aromatic carbocycles. The Morgan fingerprint density at radius 2 is 2.06 bits per heavy atom. The molecule has 0 spiro atoms. The Labute approximate surface area is 112 Å². The molecule has 1 heterocycles. The monoisotopic (exact) mass is 254 g/mol. The minimum Gasteiger partial charge on any atom is -0.374 e. The smallest absolute Gasteiger partial charge is 0.0855 e. The van der Waals surface area contributed by atoms with Gasteiger partial charge in [-0.25, -0.2) is 0 Å². The van der Waals surface area contributed by atoms with Crippen molar-refractivity contribution >= 4 is 0 Å². The van der Waals surface area contributed by atoms with Crippen LogP contribution in [-0.4, -0.2) is 42.8 Å². The number of hydrogen-bond acceptors (Lipinski definition) is 3. The Bertz CT molecular complexity index is 257. The van der Waals surface area contributed by atoms with E-state index in [9.17, 15) is 0 Å². The van der Waals surface area contributed by atoms with E-state index in [0.717, 1.165) is 25.6 Å². The van der Waals surface area contributed by atoms with Gasteiger partial charge in [-0.05, 0) is 38.5 Å². The summed E-state index contributed by atoms with van der Waals surface area (Å²) in [5.74, 6) is 1.52. The van der Waals surface area contributed by atoms with Crippen molar-refractivity contribution < 1.29 is 4.74 Å². The second-order valence-corrected chi connectivity index (χ2v) is 6.61. The number of nitrogens with two attached hydrogens (primary N) is 1. The molecule has 1 saturated carbocycles. The van der Waals surface area contributed by atoms with E-state index in [1.54, 1.807) is 0 Å². The van der Waals surface area contributed by atoms with Crippen molar-refractivity contribution in [1.82, 2.24) is 4.90 Å². The van der Waals surface area contributed by atoms with E-state index in [0.29, 0.717) is 12.0 Å². The van der Waals surface area contributed by atoms with Crippen LogP contribution in [0.25, 0.3) is 0 Å². The lowest BCUT2D eigenvalue weighted by atomic mass is 9.77. The van der Waals surface area contributed by atoms with E-state index in [2.05, 4.69) is 25.7 Å². The molecule has 0 bridgehead atoms. The summed E-state index contributed by atoms with van der Waals surface area (Å²) in [4.78, 5) is 2.50. The lowest BCUT2D eigenvalue weighted by Gasteiger charge is -2.41. The van der Waals surface area contributed by atoms with Gasteiger partial charge >= 0.3 is 0 Å². The number of morpholine rings is 1. The molecule has 18 heavy (non-hydrogen) atoms. The van der Waals surface area contributed by atoms with Gasteiger partial charge in [-0.2, -0.15) is 0 Å². The molecule has 0 aromatic heterocycles. The van der Waals surface area contributed by atoms with Gasteiger partial charge in [0.05, 0.1) is 12.7 Å². The highest BCUT2D eigenvalue weighted by atomic mass is 16.5. The van der Waals surface area contributed by atoms with Crippen LogP contribution in [0.1, 0.15) is 46.5 Å². The second-order valence-electron chi connectivity index (χ2n) is 6.61. The molecule has 4 atom stereocenters. The molecular weight excluding hydrogens is 224 g/mol. The van der Waals surface area contributed by atoms with Crippen molar-refractivity contribution in [3.8, 4) is 0 Å². The molecule has 0 aromatic rings. The predicted molar refractivity (Wildman–Crippen MR) is 75.5 cm³/mol. The first kappa shape index (κ1) is 14.3. The summed E-state index contributed by atoms with van der Waals surface area (Å²) in [5.41, 5.74) is 6.50. The van der Waals surface area contributed by atoms with Crippen LogP contribution in [0.15, 0.2) is 0 Å². The van der Waals surface area contributed by atoms with Crippen LogP contribution in [-0.2, 0) is 4.74 Å². The highest BCUT2D eigenvalue weighted by Gasteiger charge is 2.33. The van der Waals surface area contributed by atoms with Gasteiger partial charge in [-0.3, -0.25) is 4.90 Å². The summed E-state index contributed by atoms with van der Waals surface area (Å²) in [6.07, 6.45) is 5.57. The molecule has 3 nitrogen and oxygen atoms in total. The van der Waals surface area contributed by atoms with Crippen molar-refractivity contribution in [3.63, 3.8) is 0 Å². The second kappa shape index (κ2) is 6.36. The summed E-state index contributed by atoms with van der Waals surface area (Å²) >= 11 is 0. The summed E-state index contributed by atoms with van der Waals surface area (Å²) in [5, 5.41) is 0. The molecular formula is C15H30N2O. The fourth-order valence-electron chi connectivity index (χ4n) is 3.53. The van der Waals surface area contributed by atoms with E-state index in [1.807, 2.05) is 0 Å². The van der Waals surface area contributed by atoms with Crippen molar-refractivity contribution in [2.75, 3.05) is 19.7 Å². The standard InChI is InChI=1S/C15H30N2O/c1-11(2)17-7-8-18-14(10-17)15(16)13-6-4-5-12(3)9-13/h11-15H,4-10,16H2,1-3H3. The summed E-state index contributed by atoms with van der Waals surface area (Å²) in [6, 6.07) is 0.836. The third-order valence-corrected chi connectivity index (χ3v) is 4.81. The van der Waals surface area contributed by atoms with Crippen LogP contribution in [0.3, 0.4) is 0 Å². The normalized spacial score (nSPS) is 36.8. The zero-order valence-corrected chi connectivity index (χ0v) is 12.3. The van der Waals surface area contributed by atoms with Crippen LogP contribution in [0, 0.1) is 11.8 Å². The minimum atomic E-state index is 0.231. The average molecular weight is 254 g/mol. The summed E-state index contributed by atoms with van der Waals surface area (Å²) in [7, 11) is 0. The molecule has 2 rings (SSSR count). The molecule has 1 saturated heterocycles. The third kappa shape index (κ3) is 3.46. The maximum Gasteiger partial charge on any atom is 0.0855 e. The minimum absolute atomic E-state index is 0.231. The van der Waals surface area contributed by atoms with Gasteiger partial charge in [-0.1, -0.05) is 19.8 Å². The van der Waals surface area contributed by atoms with E-state index < -0.39 is 0 Å². The van der Waals surface area contributed by atoms with Gasteiger partial charge in [0.2, 0.25) is 0 Å². The van der Waals surface area contributed by atoms with Crippen molar-refractivity contribution in [2.24, 2.45) is 17.6 Å². The molecule has 0 radical (unpaired) electrons. The maximum atomic E-state index is 6.50. The van der Waals surface area contributed by atoms with Crippen LogP contribution in [0.2, 0.25) is 0 Å². The number of hydrogen-bond donors (Lipinski definition) is 1. The maximum absolute atomic E-state index is 6.50. The Hall–Kier alpha value is -0.120. The number of nitrogens with zero attached hydrogens (tertiary/aromatic N) is 1. The Morgan fingerprint density at radius 1 is 1.28 bits per heavy atom. The molecule has 2 aliphatic rings. The fourth-order valence-corrected chi connectivity index (χ4v) is 3.53. The van der Waals surface area contributed by atoms with E-state index in [1.165, 1.54) is 25.7 Å². The Morgan fingerprint density at radius 3 is 2.72 bits per heavy atom. The Balaban J connectivity index is 1.89. The lowest BCUT2D eigenvalue weighted by Crippen LogP contribution is -2.55. The van der Waals surface area contributed by atoms with Crippen molar-refractivity contribution in [2.45, 2.75) is 64.6 Å². The fraction of sp³-hybridized carbons (Fsp3) is 1.00. The topological polar surface area (TPSA) is 38.5 Å². The molecule has 2 N–H and O–H groups in total. The van der Waals surface area contributed by atoms with Crippen molar-refractivity contribution in [3.05, 3.63) is 0 Å². The SMILES string of the molecule is CC1CCCC(C(N)C2CN(C(C)C)CCO2)C1. The number of ether oxygens (including phenoxy) is 1. The lowest BCUT2D eigenvalue weighted by molar-refractivity contribution is -0.0615. The highest BCUT2D eigenvalue weighted by Crippen LogP contribution is 2.32. The molecule has 1 aliphatic heterocycles. The summed E-state index contributed by atoms with van der Waals surface area (Å²) < 4.78 is 5.94. The van der Waals surface area contributed by atoms with E-state index in [-0.39, 0.29) is 12.1 Å². The van der Waals surface area contributed by atoms with Gasteiger partial charge in [0.15, 0.2) is 0 Å². The molecule has 2 fully saturated rings. The molecule has 4 unspecified atom stereocenters. The highest BCUT2D eigenvalue weighted by molar-refractivity contribution is 4.88. The van der Waals surface area contributed by atoms with Gasteiger partial charge in [-0.15, -0.1) is 0 Å². The first-order chi connectivity index (χ1) is 8.58. The van der Waals surface area contributed by atoms with Crippen LogP contribution < -0.4 is 5.73 Å². The largest absolute Gasteiger partial charge is 0.374 e. The molecule has 3 heteroatoms. The van der Waals surface area contributed by atoms with Gasteiger partial charge in [0.25, 0.3) is 0 Å². The third-order valence-electron chi connectivity index (χ3n) is 4.81. The predicted octanol–water partition coefficient (Wildman–Crippen LogP) is 2.25. The van der Waals surface area contributed by atoms with Crippen molar-refractivity contribution in [1.29, 1.82) is 0 Å². The van der Waals surface area contributed by atoms with E-state index in [4.69, 9.17) is 10.5 Å². The van der Waals surface area contributed by atoms with Crippen LogP contribution in [0.4, 0.5) is 0 Å². The quantitative estimate of drug-likeness (QED) is 0.839. The zero-order valence-electron chi connectivity index (χ0n) is 12.3. The average Bonchev–Trinajstić information content (AvgIpc) is 2.38. The van der Waals surface area contributed by atoms with Gasteiger partial charge in [0, 0.05) is 25.2 Å². The van der Waals surface area contributed by atoms with Crippen LogP contribution >= 0.6 is 0 Å². The zero-order chi connectivity index (χ0) is 13.1. The molecule has 0 amide bonds. The number of rotatable bonds is 3.